The number of hydrogen-bond acceptors (Lipinski definition) is 3. The number of benzene rings is 1. The summed E-state index contributed by atoms with van der Waals surface area (Å²) in [5.41, 5.74) is 1.28. The third-order valence-corrected chi connectivity index (χ3v) is 3.36. The first-order chi connectivity index (χ1) is 8.22. The smallest absolute Gasteiger partial charge is 0.190 e. The van der Waals surface area contributed by atoms with Crippen LogP contribution in [0.4, 0.5) is 0 Å². The lowest BCUT2D eigenvalue weighted by atomic mass is 10.1. The predicted molar refractivity (Wildman–Crippen MR) is 69.0 cm³/mol. The van der Waals surface area contributed by atoms with E-state index in [2.05, 4.69) is 16.4 Å². The molecule has 1 aromatic carbocycles. The Kier molecular flexibility index (Phi) is 2.71. The highest BCUT2D eigenvalue weighted by Gasteiger charge is 2.28. The van der Waals surface area contributed by atoms with E-state index < -0.39 is 0 Å². The third-order valence-electron chi connectivity index (χ3n) is 3.13. The van der Waals surface area contributed by atoms with Gasteiger partial charge in [0.15, 0.2) is 6.23 Å². The highest BCUT2D eigenvalue weighted by atomic mass is 35.5. The van der Waals surface area contributed by atoms with E-state index in [0.717, 1.165) is 16.6 Å². The van der Waals surface area contributed by atoms with Gasteiger partial charge in [0.25, 0.3) is 0 Å². The maximum Gasteiger partial charge on any atom is 0.190 e. The van der Waals surface area contributed by atoms with Crippen LogP contribution in [0.1, 0.15) is 31.2 Å². The number of hydrogen-bond donors (Lipinski definition) is 1. The van der Waals surface area contributed by atoms with Crippen LogP contribution < -0.4 is 10.1 Å². The van der Waals surface area contributed by atoms with Gasteiger partial charge in [-0.25, -0.2) is 0 Å². The molecule has 0 radical (unpaired) electrons. The van der Waals surface area contributed by atoms with Crippen LogP contribution >= 0.6 is 11.6 Å². The zero-order valence-electron chi connectivity index (χ0n) is 9.74. The molecular formula is C13H15ClN2O. The molecule has 3 rings (SSSR count). The summed E-state index contributed by atoms with van der Waals surface area (Å²) < 4.78 is 5.95. The molecule has 1 heterocycles. The van der Waals surface area contributed by atoms with Crippen LogP contribution in [0.3, 0.4) is 0 Å². The number of amidine groups is 1. The van der Waals surface area contributed by atoms with Crippen molar-refractivity contribution in [3.63, 3.8) is 0 Å². The molecule has 0 spiro atoms. The average Bonchev–Trinajstić information content (AvgIpc) is 3.04. The molecule has 4 heteroatoms. The molecule has 17 heavy (non-hydrogen) atoms. The first-order valence-electron chi connectivity index (χ1n) is 5.96. The fourth-order valence-corrected chi connectivity index (χ4v) is 2.27. The normalized spacial score (nSPS) is 23.2. The van der Waals surface area contributed by atoms with Crippen molar-refractivity contribution in [2.75, 3.05) is 6.54 Å². The minimum absolute atomic E-state index is 0.0500. The Labute approximate surface area is 106 Å². The summed E-state index contributed by atoms with van der Waals surface area (Å²) in [5, 5.41) is 3.92. The maximum absolute atomic E-state index is 6.03. The molecule has 1 atom stereocenters. The summed E-state index contributed by atoms with van der Waals surface area (Å²) in [6.45, 7) is 2.62. The fraction of sp³-hybridized carbons (Fsp3) is 0.462. The van der Waals surface area contributed by atoms with Crippen molar-refractivity contribution in [3.8, 4) is 5.75 Å². The van der Waals surface area contributed by atoms with Crippen molar-refractivity contribution >= 4 is 17.4 Å². The Bertz CT molecular complexity index is 468. The van der Waals surface area contributed by atoms with Gasteiger partial charge in [-0.05, 0) is 43.4 Å². The van der Waals surface area contributed by atoms with Crippen LogP contribution in [0.25, 0.3) is 0 Å². The molecule has 0 bridgehead atoms. The zero-order chi connectivity index (χ0) is 11.8. The topological polar surface area (TPSA) is 33.6 Å². The molecule has 1 aromatic rings. The largest absolute Gasteiger partial charge is 0.468 e. The minimum atomic E-state index is -0.0500. The molecule has 1 N–H and O–H groups in total. The second-order valence-corrected chi connectivity index (χ2v) is 5.07. The van der Waals surface area contributed by atoms with Gasteiger partial charge >= 0.3 is 0 Å². The molecule has 3 nitrogen and oxygen atoms in total. The Morgan fingerprint density at radius 3 is 2.88 bits per heavy atom. The number of rotatable bonds is 3. The highest BCUT2D eigenvalue weighted by Crippen LogP contribution is 2.45. The first kappa shape index (κ1) is 10.9. The van der Waals surface area contributed by atoms with Crippen LogP contribution in [-0.2, 0) is 0 Å². The first-order valence-corrected chi connectivity index (χ1v) is 6.34. The van der Waals surface area contributed by atoms with Crippen LogP contribution in [0.15, 0.2) is 23.2 Å². The summed E-state index contributed by atoms with van der Waals surface area (Å²) in [5.74, 6) is 2.50. The minimum Gasteiger partial charge on any atom is -0.468 e. The summed E-state index contributed by atoms with van der Waals surface area (Å²) in [6, 6.07) is 5.93. The lowest BCUT2D eigenvalue weighted by molar-refractivity contribution is 0.204. The fourth-order valence-electron chi connectivity index (χ4n) is 2.11. The van der Waals surface area contributed by atoms with Gasteiger partial charge < -0.3 is 10.1 Å². The van der Waals surface area contributed by atoms with Gasteiger partial charge in [0.1, 0.15) is 5.75 Å². The van der Waals surface area contributed by atoms with Crippen LogP contribution in [0.2, 0.25) is 5.02 Å². The lowest BCUT2D eigenvalue weighted by Crippen LogP contribution is -2.34. The van der Waals surface area contributed by atoms with Gasteiger partial charge in [0, 0.05) is 5.02 Å². The molecule has 0 saturated heterocycles. The quantitative estimate of drug-likeness (QED) is 0.895. The highest BCUT2D eigenvalue weighted by molar-refractivity contribution is 6.30. The number of aliphatic imine (C=N–C) groups is 1. The van der Waals surface area contributed by atoms with Gasteiger partial charge in [-0.1, -0.05) is 17.7 Å². The van der Waals surface area contributed by atoms with Gasteiger partial charge in [-0.2, -0.15) is 0 Å². The second kappa shape index (κ2) is 4.22. The van der Waals surface area contributed by atoms with Crippen molar-refractivity contribution in [1.29, 1.82) is 0 Å². The summed E-state index contributed by atoms with van der Waals surface area (Å²) >= 11 is 6.03. The maximum atomic E-state index is 6.03. The van der Waals surface area contributed by atoms with E-state index in [-0.39, 0.29) is 6.23 Å². The predicted octanol–water partition coefficient (Wildman–Crippen LogP) is 2.94. The Hall–Kier alpha value is -1.22. The van der Waals surface area contributed by atoms with Gasteiger partial charge in [-0.15, -0.1) is 0 Å². The Balaban J connectivity index is 1.79. The summed E-state index contributed by atoms with van der Waals surface area (Å²) in [6.07, 6.45) is 2.46. The van der Waals surface area contributed by atoms with Crippen LogP contribution in [-0.4, -0.2) is 18.6 Å². The molecular weight excluding hydrogens is 236 g/mol. The van der Waals surface area contributed by atoms with Crippen molar-refractivity contribution < 1.29 is 4.74 Å². The number of nitrogens with one attached hydrogen (secondary N) is 1. The van der Waals surface area contributed by atoms with Crippen LogP contribution in [0, 0.1) is 0 Å². The molecule has 1 aliphatic carbocycles. The number of halogens is 1. The Morgan fingerprint density at radius 1 is 1.41 bits per heavy atom. The van der Waals surface area contributed by atoms with E-state index in [1.165, 1.54) is 18.4 Å². The van der Waals surface area contributed by atoms with E-state index in [0.29, 0.717) is 12.5 Å². The van der Waals surface area contributed by atoms with E-state index in [1.807, 2.05) is 19.1 Å². The monoisotopic (exact) mass is 250 g/mol. The van der Waals surface area contributed by atoms with Crippen molar-refractivity contribution in [2.45, 2.75) is 31.9 Å². The second-order valence-electron chi connectivity index (χ2n) is 4.63. The molecule has 1 fully saturated rings. The van der Waals surface area contributed by atoms with Crippen molar-refractivity contribution in [2.24, 2.45) is 4.99 Å². The molecule has 1 aliphatic heterocycles. The molecule has 90 valence electrons. The van der Waals surface area contributed by atoms with E-state index in [1.54, 1.807) is 0 Å². The molecule has 0 amide bonds. The van der Waals surface area contributed by atoms with Crippen molar-refractivity contribution in [1.82, 2.24) is 5.32 Å². The van der Waals surface area contributed by atoms with E-state index in [9.17, 15) is 0 Å². The van der Waals surface area contributed by atoms with Crippen molar-refractivity contribution in [3.05, 3.63) is 28.8 Å². The standard InChI is InChI=1S/C13H15ClN2O/c1-8-15-7-13(16-8)17-12-6-10(14)4-5-11(12)9-2-3-9/h4-6,9,13H,2-3,7H2,1H3,(H,15,16). The third kappa shape index (κ3) is 2.39. The van der Waals surface area contributed by atoms with E-state index >= 15 is 0 Å². The number of nitrogens with zero attached hydrogens (tertiary/aromatic N) is 1. The molecule has 0 aromatic heterocycles. The average molecular weight is 251 g/mol. The van der Waals surface area contributed by atoms with Gasteiger partial charge in [0.05, 0.1) is 12.4 Å². The summed E-state index contributed by atoms with van der Waals surface area (Å²) in [4.78, 5) is 4.27. The van der Waals surface area contributed by atoms with Crippen LogP contribution in [0.5, 0.6) is 5.75 Å². The molecule has 1 saturated carbocycles. The Morgan fingerprint density at radius 2 is 2.24 bits per heavy atom. The SMILES string of the molecule is CC1=NCC(Oc2cc(Cl)ccc2C2CC2)N1. The number of ether oxygens (including phenoxy) is 1. The van der Waals surface area contributed by atoms with E-state index in [4.69, 9.17) is 16.3 Å². The molecule has 2 aliphatic rings. The summed E-state index contributed by atoms with van der Waals surface area (Å²) in [7, 11) is 0. The molecule has 1 unspecified atom stereocenters. The van der Waals surface area contributed by atoms with Gasteiger partial charge in [0.2, 0.25) is 0 Å². The zero-order valence-corrected chi connectivity index (χ0v) is 10.5. The lowest BCUT2D eigenvalue weighted by Gasteiger charge is -2.17. The van der Waals surface area contributed by atoms with Gasteiger partial charge in [-0.3, -0.25) is 4.99 Å².